The molecule has 0 aliphatic heterocycles. The van der Waals surface area contributed by atoms with Crippen LogP contribution in [0.2, 0.25) is 0 Å². The monoisotopic (exact) mass is 432 g/mol. The predicted octanol–water partition coefficient (Wildman–Crippen LogP) is 2.89. The van der Waals surface area contributed by atoms with Crippen LogP contribution in [0.3, 0.4) is 0 Å². The molecule has 0 fully saturated rings. The zero-order valence-electron chi connectivity index (χ0n) is 17.8. The van der Waals surface area contributed by atoms with Crippen molar-refractivity contribution in [1.29, 1.82) is 0 Å². The highest BCUT2D eigenvalue weighted by atomic mass is 16.4. The number of fused-ring (bicyclic) bond motifs is 2. The molecule has 32 heavy (non-hydrogen) atoms. The minimum Gasteiger partial charge on any atom is -0.480 e. The summed E-state index contributed by atoms with van der Waals surface area (Å²) in [4.78, 5) is 45.6. The lowest BCUT2D eigenvalue weighted by atomic mass is 10.0. The third kappa shape index (κ3) is 3.99. The standard InChI is InChI=1S/C24H24N4O4/c1-14(2)21(28-13-26-19-10-6-4-8-17(19)23(28)30)22(29)27-20(24(31)32)11-15-12-25-18-9-5-3-7-16(15)18/h3-10,12-14,20-21,25H,11H2,1-2H3,(H,27,29)(H,31,32). The number of hydrogen-bond donors (Lipinski definition) is 3. The largest absolute Gasteiger partial charge is 0.480 e. The van der Waals surface area contributed by atoms with Crippen molar-refractivity contribution in [2.45, 2.75) is 32.4 Å². The Balaban J connectivity index is 1.63. The smallest absolute Gasteiger partial charge is 0.326 e. The van der Waals surface area contributed by atoms with Crippen molar-refractivity contribution in [3.63, 3.8) is 0 Å². The van der Waals surface area contributed by atoms with E-state index in [1.54, 1.807) is 44.3 Å². The number of nitrogens with zero attached hydrogens (tertiary/aromatic N) is 2. The molecule has 4 rings (SSSR count). The van der Waals surface area contributed by atoms with Gasteiger partial charge in [0.25, 0.3) is 5.56 Å². The second-order valence-corrected chi connectivity index (χ2v) is 8.13. The minimum atomic E-state index is -1.15. The molecule has 0 aliphatic rings. The van der Waals surface area contributed by atoms with Crippen molar-refractivity contribution >= 4 is 33.7 Å². The molecule has 0 radical (unpaired) electrons. The maximum atomic E-state index is 13.2. The fraction of sp³-hybridized carbons (Fsp3) is 0.250. The van der Waals surface area contributed by atoms with Crippen LogP contribution in [0.25, 0.3) is 21.8 Å². The highest BCUT2D eigenvalue weighted by Gasteiger charge is 2.30. The number of rotatable bonds is 7. The van der Waals surface area contributed by atoms with E-state index >= 15 is 0 Å². The zero-order chi connectivity index (χ0) is 22.8. The molecule has 0 aliphatic carbocycles. The molecule has 2 aromatic heterocycles. The maximum Gasteiger partial charge on any atom is 0.326 e. The summed E-state index contributed by atoms with van der Waals surface area (Å²) < 4.78 is 1.28. The molecule has 8 nitrogen and oxygen atoms in total. The summed E-state index contributed by atoms with van der Waals surface area (Å²) >= 11 is 0. The highest BCUT2D eigenvalue weighted by molar-refractivity contribution is 5.88. The molecule has 3 N–H and O–H groups in total. The fourth-order valence-corrected chi connectivity index (χ4v) is 4.01. The van der Waals surface area contributed by atoms with Gasteiger partial charge in [0.2, 0.25) is 5.91 Å². The fourth-order valence-electron chi connectivity index (χ4n) is 4.01. The summed E-state index contributed by atoms with van der Waals surface area (Å²) in [5.74, 6) is -1.94. The van der Waals surface area contributed by atoms with Crippen molar-refractivity contribution in [1.82, 2.24) is 19.9 Å². The Morgan fingerprint density at radius 2 is 1.78 bits per heavy atom. The minimum absolute atomic E-state index is 0.112. The number of nitrogens with one attached hydrogen (secondary N) is 2. The Morgan fingerprint density at radius 3 is 2.50 bits per heavy atom. The molecule has 1 amide bonds. The highest BCUT2D eigenvalue weighted by Crippen LogP contribution is 2.21. The summed E-state index contributed by atoms with van der Waals surface area (Å²) in [6.45, 7) is 3.61. The lowest BCUT2D eigenvalue weighted by molar-refractivity contribution is -0.142. The van der Waals surface area contributed by atoms with E-state index in [2.05, 4.69) is 15.3 Å². The van der Waals surface area contributed by atoms with Crippen LogP contribution >= 0.6 is 0 Å². The van der Waals surface area contributed by atoms with Gasteiger partial charge in [-0.3, -0.25) is 14.2 Å². The molecule has 0 saturated heterocycles. The van der Waals surface area contributed by atoms with E-state index < -0.39 is 24.0 Å². The number of para-hydroxylation sites is 2. The second kappa shape index (κ2) is 8.66. The van der Waals surface area contributed by atoms with Crippen LogP contribution in [-0.2, 0) is 16.0 Å². The van der Waals surface area contributed by atoms with Crippen LogP contribution in [0.5, 0.6) is 0 Å². The van der Waals surface area contributed by atoms with Crippen molar-refractivity contribution in [2.24, 2.45) is 5.92 Å². The van der Waals surface area contributed by atoms with Crippen LogP contribution in [-0.4, -0.2) is 37.6 Å². The molecular formula is C24H24N4O4. The number of carbonyl (C=O) groups excluding carboxylic acids is 1. The summed E-state index contributed by atoms with van der Waals surface area (Å²) in [6.07, 6.45) is 3.22. The average Bonchev–Trinajstić information content (AvgIpc) is 3.18. The molecule has 0 spiro atoms. The van der Waals surface area contributed by atoms with Crippen LogP contribution in [0, 0.1) is 5.92 Å². The van der Waals surface area contributed by atoms with Gasteiger partial charge in [-0.05, 0) is 29.7 Å². The van der Waals surface area contributed by atoms with Gasteiger partial charge in [0.1, 0.15) is 12.1 Å². The summed E-state index contributed by atoms with van der Waals surface area (Å²) in [7, 11) is 0. The van der Waals surface area contributed by atoms with E-state index in [0.717, 1.165) is 16.5 Å². The molecule has 2 heterocycles. The number of carboxylic acid groups (broad SMARTS) is 1. The number of aromatic nitrogens is 3. The van der Waals surface area contributed by atoms with Gasteiger partial charge in [0.15, 0.2) is 0 Å². The van der Waals surface area contributed by atoms with E-state index in [-0.39, 0.29) is 17.9 Å². The third-order valence-electron chi connectivity index (χ3n) is 5.60. The van der Waals surface area contributed by atoms with Gasteiger partial charge in [0, 0.05) is 23.5 Å². The maximum absolute atomic E-state index is 13.2. The van der Waals surface area contributed by atoms with Gasteiger partial charge in [-0.25, -0.2) is 9.78 Å². The van der Waals surface area contributed by atoms with Crippen molar-refractivity contribution in [3.8, 4) is 0 Å². The topological polar surface area (TPSA) is 117 Å². The summed E-state index contributed by atoms with van der Waals surface area (Å²) in [5, 5.41) is 13.7. The Morgan fingerprint density at radius 1 is 1.09 bits per heavy atom. The third-order valence-corrected chi connectivity index (χ3v) is 5.60. The summed E-state index contributed by atoms with van der Waals surface area (Å²) in [5.41, 5.74) is 1.89. The SMILES string of the molecule is CC(C)C(C(=O)NC(Cc1c[nH]c2ccccc12)C(=O)O)n1cnc2ccccc2c1=O. The van der Waals surface area contributed by atoms with Crippen LogP contribution in [0.4, 0.5) is 0 Å². The Hall–Kier alpha value is -3.94. The summed E-state index contributed by atoms with van der Waals surface area (Å²) in [6, 6.07) is 12.4. The van der Waals surface area contributed by atoms with Gasteiger partial charge in [0.05, 0.1) is 17.2 Å². The molecule has 8 heteroatoms. The Kier molecular flexibility index (Phi) is 5.77. The number of H-pyrrole nitrogens is 1. The van der Waals surface area contributed by atoms with E-state index in [1.807, 2.05) is 24.3 Å². The molecular weight excluding hydrogens is 408 g/mol. The average molecular weight is 432 g/mol. The van der Waals surface area contributed by atoms with Crippen molar-refractivity contribution in [3.05, 3.63) is 77.0 Å². The van der Waals surface area contributed by atoms with Crippen LogP contribution < -0.4 is 10.9 Å². The number of aliphatic carboxylic acids is 1. The van der Waals surface area contributed by atoms with E-state index in [9.17, 15) is 19.5 Å². The van der Waals surface area contributed by atoms with Gasteiger partial charge in [-0.2, -0.15) is 0 Å². The second-order valence-electron chi connectivity index (χ2n) is 8.13. The number of amides is 1. The lowest BCUT2D eigenvalue weighted by Crippen LogP contribution is -2.48. The quantitative estimate of drug-likeness (QED) is 0.415. The molecule has 164 valence electrons. The first-order valence-electron chi connectivity index (χ1n) is 10.4. The predicted molar refractivity (Wildman–Crippen MR) is 121 cm³/mol. The van der Waals surface area contributed by atoms with Gasteiger partial charge >= 0.3 is 5.97 Å². The molecule has 4 aromatic rings. The van der Waals surface area contributed by atoms with Gasteiger partial charge in [-0.1, -0.05) is 44.2 Å². The normalized spacial score (nSPS) is 13.3. The zero-order valence-corrected chi connectivity index (χ0v) is 17.8. The number of carboxylic acids is 1. The molecule has 0 saturated carbocycles. The lowest BCUT2D eigenvalue weighted by Gasteiger charge is -2.24. The first kappa shape index (κ1) is 21.3. The van der Waals surface area contributed by atoms with Gasteiger partial charge < -0.3 is 15.4 Å². The first-order chi connectivity index (χ1) is 15.4. The molecule has 2 unspecified atom stereocenters. The number of benzene rings is 2. The number of hydrogen-bond acceptors (Lipinski definition) is 4. The molecule has 2 atom stereocenters. The van der Waals surface area contributed by atoms with Gasteiger partial charge in [-0.15, -0.1) is 0 Å². The Labute approximate surface area is 183 Å². The Bertz CT molecular complexity index is 1350. The van der Waals surface area contributed by atoms with E-state index in [4.69, 9.17) is 0 Å². The number of aromatic amines is 1. The van der Waals surface area contributed by atoms with E-state index in [1.165, 1.54) is 10.9 Å². The molecule has 2 aromatic carbocycles. The first-order valence-corrected chi connectivity index (χ1v) is 10.4. The molecule has 0 bridgehead atoms. The van der Waals surface area contributed by atoms with E-state index in [0.29, 0.717) is 10.9 Å². The number of carbonyl (C=O) groups is 2. The van der Waals surface area contributed by atoms with Crippen molar-refractivity contribution < 1.29 is 14.7 Å². The van der Waals surface area contributed by atoms with Crippen LogP contribution in [0.15, 0.2) is 65.8 Å². The van der Waals surface area contributed by atoms with Crippen molar-refractivity contribution in [2.75, 3.05) is 0 Å². The van der Waals surface area contributed by atoms with Crippen LogP contribution in [0.1, 0.15) is 25.5 Å².